The number of Topliss-reactive ketones (excluding diaryl/α,β-unsaturated/α-hetero) is 2. The van der Waals surface area contributed by atoms with Crippen LogP contribution in [-0.4, -0.2) is 60.3 Å². The van der Waals surface area contributed by atoms with Crippen LogP contribution < -0.4 is 10.5 Å². The molecule has 9 heteroatoms. The van der Waals surface area contributed by atoms with E-state index in [1.807, 2.05) is 0 Å². The number of fused-ring (bicyclic) bond motifs is 1. The molecule has 0 spiro atoms. The van der Waals surface area contributed by atoms with E-state index < -0.39 is 17.8 Å². The first kappa shape index (κ1) is 20.1. The highest BCUT2D eigenvalue weighted by Crippen LogP contribution is 2.31. The fourth-order valence-corrected chi connectivity index (χ4v) is 3.26. The molecule has 0 saturated carbocycles. The molecule has 3 N–H and O–H groups in total. The highest BCUT2D eigenvalue weighted by molar-refractivity contribution is 6.08. The number of benzene rings is 1. The molecule has 0 saturated heterocycles. The molecule has 0 radical (unpaired) electrons. The molecule has 1 aromatic carbocycles. The van der Waals surface area contributed by atoms with Crippen LogP contribution in [0, 0.1) is 11.8 Å². The van der Waals surface area contributed by atoms with Gasteiger partial charge in [0, 0.05) is 18.3 Å². The highest BCUT2D eigenvalue weighted by atomic mass is 16.6. The maximum Gasteiger partial charge on any atom is 0.343 e. The summed E-state index contributed by atoms with van der Waals surface area (Å²) in [6, 6.07) is 6.44. The predicted molar refractivity (Wildman–Crippen MR) is 102 cm³/mol. The summed E-state index contributed by atoms with van der Waals surface area (Å²) >= 11 is 0. The summed E-state index contributed by atoms with van der Waals surface area (Å²) in [5.74, 6) is -1.63. The second kappa shape index (κ2) is 8.59. The minimum atomic E-state index is -0.754. The normalized spacial score (nSPS) is 20.9. The molecule has 1 aliphatic carbocycles. The van der Waals surface area contributed by atoms with Crippen molar-refractivity contribution in [2.45, 2.75) is 0 Å². The van der Waals surface area contributed by atoms with Crippen molar-refractivity contribution in [1.82, 2.24) is 4.90 Å². The zero-order valence-electron chi connectivity index (χ0n) is 15.8. The third-order valence-electron chi connectivity index (χ3n) is 4.82. The van der Waals surface area contributed by atoms with Gasteiger partial charge < -0.3 is 25.3 Å². The van der Waals surface area contributed by atoms with E-state index in [0.29, 0.717) is 17.9 Å². The fraction of sp³-hybridized carbons (Fsp3) is 0.300. The number of hydrogen-bond acceptors (Lipinski definition) is 8. The van der Waals surface area contributed by atoms with Crippen molar-refractivity contribution >= 4 is 23.4 Å². The molecule has 152 valence electrons. The zero-order chi connectivity index (χ0) is 21.0. The number of methoxy groups -OCH3 is 1. The molecular formula is C20H21N3O6. The molecule has 2 unspecified atom stereocenters. The van der Waals surface area contributed by atoms with Crippen molar-refractivity contribution in [1.29, 1.82) is 0 Å². The molecule has 1 heterocycles. The Morgan fingerprint density at radius 1 is 1.31 bits per heavy atom. The van der Waals surface area contributed by atoms with Crippen LogP contribution in [-0.2, 0) is 14.3 Å². The number of nitrogens with two attached hydrogens (primary N) is 1. The monoisotopic (exact) mass is 399 g/mol. The smallest absolute Gasteiger partial charge is 0.343 e. The first-order valence-electron chi connectivity index (χ1n) is 8.91. The summed E-state index contributed by atoms with van der Waals surface area (Å²) in [6.45, 7) is 0.262. The number of ether oxygens (including phenoxy) is 2. The lowest BCUT2D eigenvalue weighted by Crippen LogP contribution is -2.38. The Bertz CT molecular complexity index is 903. The van der Waals surface area contributed by atoms with Crippen molar-refractivity contribution in [2.24, 2.45) is 22.7 Å². The van der Waals surface area contributed by atoms with Crippen molar-refractivity contribution < 1.29 is 29.1 Å². The minimum Gasteiger partial charge on any atom is -0.482 e. The number of hydrogen-bond donors (Lipinski definition) is 2. The standard InChI is InChI=1S/C20H21N3O6/c1-28-18(25)11-29-14-5-2-12(3-6-14)17(24)10-23-8-13-4-7-15(20(21)22-27)19(26)16(13)9-23/h2-8,15-16,27H,9-11H2,1H3,(H2,21,22). The molecule has 9 nitrogen and oxygen atoms in total. The molecule has 3 rings (SSSR count). The Balaban J connectivity index is 1.59. The van der Waals surface area contributed by atoms with Gasteiger partial charge in [-0.3, -0.25) is 9.59 Å². The van der Waals surface area contributed by atoms with Gasteiger partial charge in [0.15, 0.2) is 24.0 Å². The number of oxime groups is 1. The van der Waals surface area contributed by atoms with E-state index >= 15 is 0 Å². The van der Waals surface area contributed by atoms with Gasteiger partial charge in [0.25, 0.3) is 0 Å². The summed E-state index contributed by atoms with van der Waals surface area (Å²) in [5, 5.41) is 11.7. The van der Waals surface area contributed by atoms with Gasteiger partial charge in [-0.1, -0.05) is 17.3 Å². The molecule has 29 heavy (non-hydrogen) atoms. The van der Waals surface area contributed by atoms with E-state index in [2.05, 4.69) is 9.89 Å². The number of ketones is 2. The molecule has 0 aromatic heterocycles. The second-order valence-electron chi connectivity index (χ2n) is 6.69. The fourth-order valence-electron chi connectivity index (χ4n) is 3.26. The van der Waals surface area contributed by atoms with Gasteiger partial charge in [-0.15, -0.1) is 0 Å². The number of rotatable bonds is 7. The Hall–Kier alpha value is -3.62. The highest BCUT2D eigenvalue weighted by Gasteiger charge is 2.37. The van der Waals surface area contributed by atoms with Gasteiger partial charge >= 0.3 is 5.97 Å². The van der Waals surface area contributed by atoms with E-state index in [-0.39, 0.29) is 30.6 Å². The van der Waals surface area contributed by atoms with Gasteiger partial charge in [-0.25, -0.2) is 4.79 Å². The SMILES string of the molecule is COC(=O)COc1ccc(C(=O)CN2C=C3C=CC(C(N)=NO)C(=O)C3C2)cc1. The predicted octanol–water partition coefficient (Wildman–Crippen LogP) is 0.738. The first-order valence-corrected chi connectivity index (χ1v) is 8.91. The summed E-state index contributed by atoms with van der Waals surface area (Å²) in [4.78, 5) is 38.0. The van der Waals surface area contributed by atoms with Gasteiger partial charge in [-0.05, 0) is 29.8 Å². The van der Waals surface area contributed by atoms with Crippen molar-refractivity contribution in [3.8, 4) is 5.75 Å². The summed E-state index contributed by atoms with van der Waals surface area (Å²) < 4.78 is 9.75. The van der Waals surface area contributed by atoms with Crippen molar-refractivity contribution in [3.63, 3.8) is 0 Å². The zero-order valence-corrected chi connectivity index (χ0v) is 15.8. The first-order chi connectivity index (χ1) is 13.9. The number of amidine groups is 1. The quantitative estimate of drug-likeness (QED) is 0.171. The van der Waals surface area contributed by atoms with Crippen LogP contribution in [0.1, 0.15) is 10.4 Å². The largest absolute Gasteiger partial charge is 0.482 e. The van der Waals surface area contributed by atoms with E-state index in [0.717, 1.165) is 5.57 Å². The third-order valence-corrected chi connectivity index (χ3v) is 4.82. The van der Waals surface area contributed by atoms with Crippen LogP contribution in [0.4, 0.5) is 0 Å². The van der Waals surface area contributed by atoms with E-state index in [4.69, 9.17) is 15.7 Å². The lowest BCUT2D eigenvalue weighted by molar-refractivity contribution is -0.142. The molecule has 0 bridgehead atoms. The van der Waals surface area contributed by atoms with E-state index in [9.17, 15) is 14.4 Å². The number of allylic oxidation sites excluding steroid dienone is 1. The summed E-state index contributed by atoms with van der Waals surface area (Å²) in [5.41, 5.74) is 6.86. The van der Waals surface area contributed by atoms with Gasteiger partial charge in [-0.2, -0.15) is 0 Å². The summed E-state index contributed by atoms with van der Waals surface area (Å²) in [6.07, 6.45) is 5.15. The van der Waals surface area contributed by atoms with Crippen LogP contribution in [0.25, 0.3) is 0 Å². The van der Waals surface area contributed by atoms with E-state index in [1.54, 1.807) is 47.5 Å². The number of nitrogens with zero attached hydrogens (tertiary/aromatic N) is 2. The Kier molecular flexibility index (Phi) is 5.96. The molecule has 1 aliphatic heterocycles. The van der Waals surface area contributed by atoms with Crippen molar-refractivity contribution in [3.05, 3.63) is 53.8 Å². The molecule has 0 amide bonds. The maximum absolute atomic E-state index is 12.6. The molecular weight excluding hydrogens is 378 g/mol. The van der Waals surface area contributed by atoms with Crippen LogP contribution in [0.15, 0.2) is 53.3 Å². The Labute approximate surface area is 167 Å². The Morgan fingerprint density at radius 2 is 2.03 bits per heavy atom. The number of carbonyl (C=O) groups is 3. The maximum atomic E-state index is 12.6. The topological polar surface area (TPSA) is 132 Å². The molecule has 2 aliphatic rings. The number of esters is 1. The number of carbonyl (C=O) groups excluding carboxylic acids is 3. The van der Waals surface area contributed by atoms with E-state index in [1.165, 1.54) is 7.11 Å². The van der Waals surface area contributed by atoms with Gasteiger partial charge in [0.05, 0.1) is 25.5 Å². The molecule has 0 fully saturated rings. The van der Waals surface area contributed by atoms with Crippen LogP contribution in [0.3, 0.4) is 0 Å². The lowest BCUT2D eigenvalue weighted by atomic mass is 9.83. The summed E-state index contributed by atoms with van der Waals surface area (Å²) in [7, 11) is 1.27. The lowest BCUT2D eigenvalue weighted by Gasteiger charge is -2.22. The van der Waals surface area contributed by atoms with Gasteiger partial charge in [0.1, 0.15) is 5.75 Å². The van der Waals surface area contributed by atoms with Crippen LogP contribution in [0.2, 0.25) is 0 Å². The van der Waals surface area contributed by atoms with Crippen molar-refractivity contribution in [2.75, 3.05) is 26.8 Å². The van der Waals surface area contributed by atoms with Gasteiger partial charge in [0.2, 0.25) is 0 Å². The average Bonchev–Trinajstić information content (AvgIpc) is 3.15. The third kappa shape index (κ3) is 4.45. The molecule has 2 atom stereocenters. The Morgan fingerprint density at radius 3 is 2.69 bits per heavy atom. The van der Waals surface area contributed by atoms with Crippen LogP contribution in [0.5, 0.6) is 5.75 Å². The average molecular weight is 399 g/mol. The minimum absolute atomic E-state index is 0.109. The van der Waals surface area contributed by atoms with Crippen LogP contribution >= 0.6 is 0 Å². The second-order valence-corrected chi connectivity index (χ2v) is 6.69. The molecule has 1 aromatic rings.